The normalized spacial score (nSPS) is 12.6. The average Bonchev–Trinajstić information content (AvgIpc) is 3.26. The number of nitrogens with one attached hydrogen (secondary N) is 2. The Morgan fingerprint density at radius 3 is 2.62 bits per heavy atom. The summed E-state index contributed by atoms with van der Waals surface area (Å²) in [5, 5.41) is 19.1. The zero-order valence-corrected chi connectivity index (χ0v) is 14.7. The molecule has 0 amide bonds. The highest BCUT2D eigenvalue weighted by molar-refractivity contribution is 5.83. The van der Waals surface area contributed by atoms with Crippen LogP contribution >= 0.6 is 0 Å². The van der Waals surface area contributed by atoms with Crippen molar-refractivity contribution in [3.8, 4) is 5.69 Å². The molecule has 0 aliphatic carbocycles. The molecule has 0 bridgehead atoms. The van der Waals surface area contributed by atoms with Crippen LogP contribution in [0.4, 0.5) is 5.82 Å². The van der Waals surface area contributed by atoms with Crippen LogP contribution in [0.15, 0.2) is 36.7 Å². The van der Waals surface area contributed by atoms with E-state index in [9.17, 15) is 0 Å². The number of rotatable bonds is 5. The molecule has 0 aliphatic heterocycles. The number of aromatic amines is 1. The van der Waals surface area contributed by atoms with Gasteiger partial charge in [0.05, 0.1) is 11.7 Å². The van der Waals surface area contributed by atoms with E-state index in [-0.39, 0.29) is 12.0 Å². The van der Waals surface area contributed by atoms with Crippen LogP contribution in [-0.4, -0.2) is 40.1 Å². The van der Waals surface area contributed by atoms with Gasteiger partial charge in [0, 0.05) is 0 Å². The molecular weight excluding hydrogens is 330 g/mol. The molecule has 0 fully saturated rings. The third-order valence-electron chi connectivity index (χ3n) is 4.09. The largest absolute Gasteiger partial charge is 0.358 e. The van der Waals surface area contributed by atoms with Gasteiger partial charge < -0.3 is 5.32 Å². The molecule has 132 valence electrons. The maximum atomic E-state index is 4.45. The Bertz CT molecular complexity index is 1020. The summed E-state index contributed by atoms with van der Waals surface area (Å²) in [6.07, 6.45) is 1.51. The molecular formula is C17H19N9. The van der Waals surface area contributed by atoms with Crippen molar-refractivity contribution in [3.63, 3.8) is 0 Å². The van der Waals surface area contributed by atoms with E-state index >= 15 is 0 Å². The van der Waals surface area contributed by atoms with E-state index in [1.807, 2.05) is 37.3 Å². The Kier molecular flexibility index (Phi) is 4.04. The number of aryl methyl sites for hydroxylation is 1. The Labute approximate surface area is 149 Å². The standard InChI is InChI=1S/C17H19N9/c1-10(2)13(16-20-11(3)22-24-16)21-15-14-17(19-9-18-15)26(25-23-14)12-7-5-4-6-8-12/h4-10,13H,1-3H3,(H,18,19,21)(H,20,22,24)/t13-/m0/s1. The van der Waals surface area contributed by atoms with Crippen molar-refractivity contribution in [1.29, 1.82) is 0 Å². The maximum absolute atomic E-state index is 4.45. The summed E-state index contributed by atoms with van der Waals surface area (Å²) in [6.45, 7) is 6.08. The molecule has 1 atom stereocenters. The molecule has 4 aromatic rings. The molecule has 0 saturated heterocycles. The van der Waals surface area contributed by atoms with Crippen molar-refractivity contribution in [3.05, 3.63) is 48.3 Å². The molecule has 9 nitrogen and oxygen atoms in total. The first-order valence-corrected chi connectivity index (χ1v) is 8.40. The number of fused-ring (bicyclic) bond motifs is 1. The van der Waals surface area contributed by atoms with E-state index in [2.05, 4.69) is 54.6 Å². The Balaban J connectivity index is 1.74. The molecule has 3 heterocycles. The highest BCUT2D eigenvalue weighted by atomic mass is 15.4. The molecule has 9 heteroatoms. The summed E-state index contributed by atoms with van der Waals surface area (Å²) >= 11 is 0. The Hall–Kier alpha value is -3.36. The fourth-order valence-corrected chi connectivity index (χ4v) is 2.77. The zero-order valence-electron chi connectivity index (χ0n) is 14.7. The second-order valence-corrected chi connectivity index (χ2v) is 6.38. The molecule has 0 radical (unpaired) electrons. The maximum Gasteiger partial charge on any atom is 0.188 e. The van der Waals surface area contributed by atoms with Crippen LogP contribution in [0.3, 0.4) is 0 Å². The van der Waals surface area contributed by atoms with E-state index in [1.54, 1.807) is 4.68 Å². The van der Waals surface area contributed by atoms with Crippen LogP contribution in [0.2, 0.25) is 0 Å². The lowest BCUT2D eigenvalue weighted by molar-refractivity contribution is 0.522. The van der Waals surface area contributed by atoms with Gasteiger partial charge in [0.15, 0.2) is 22.8 Å². The Morgan fingerprint density at radius 2 is 1.92 bits per heavy atom. The van der Waals surface area contributed by atoms with E-state index in [0.29, 0.717) is 22.8 Å². The summed E-state index contributed by atoms with van der Waals surface area (Å²) in [5.41, 5.74) is 2.14. The van der Waals surface area contributed by atoms with E-state index in [0.717, 1.165) is 11.5 Å². The van der Waals surface area contributed by atoms with Crippen LogP contribution < -0.4 is 5.32 Å². The van der Waals surface area contributed by atoms with Gasteiger partial charge in [-0.2, -0.15) is 9.78 Å². The highest BCUT2D eigenvalue weighted by Crippen LogP contribution is 2.26. The summed E-state index contributed by atoms with van der Waals surface area (Å²) in [6, 6.07) is 9.65. The smallest absolute Gasteiger partial charge is 0.188 e. The minimum atomic E-state index is -0.111. The van der Waals surface area contributed by atoms with E-state index < -0.39 is 0 Å². The molecule has 0 unspecified atom stereocenters. The number of hydrogen-bond donors (Lipinski definition) is 2. The topological polar surface area (TPSA) is 110 Å². The predicted molar refractivity (Wildman–Crippen MR) is 96.8 cm³/mol. The third-order valence-corrected chi connectivity index (χ3v) is 4.09. The van der Waals surface area contributed by atoms with Gasteiger partial charge in [-0.3, -0.25) is 5.10 Å². The molecule has 26 heavy (non-hydrogen) atoms. The molecule has 2 N–H and O–H groups in total. The SMILES string of the molecule is Cc1nc([C@@H](Nc2ncnc3c2nnn3-c2ccccc2)C(C)C)n[nH]1. The fourth-order valence-electron chi connectivity index (χ4n) is 2.77. The molecule has 0 spiro atoms. The van der Waals surface area contributed by atoms with Gasteiger partial charge in [0.1, 0.15) is 12.2 Å². The second-order valence-electron chi connectivity index (χ2n) is 6.38. The lowest BCUT2D eigenvalue weighted by Gasteiger charge is -2.19. The van der Waals surface area contributed by atoms with Gasteiger partial charge in [-0.15, -0.1) is 5.10 Å². The molecule has 1 aromatic carbocycles. The number of nitrogens with zero attached hydrogens (tertiary/aromatic N) is 7. The van der Waals surface area contributed by atoms with Crippen molar-refractivity contribution in [2.45, 2.75) is 26.8 Å². The second kappa shape index (κ2) is 6.51. The molecule has 3 aromatic heterocycles. The van der Waals surface area contributed by atoms with Gasteiger partial charge in [0.2, 0.25) is 0 Å². The van der Waals surface area contributed by atoms with Crippen LogP contribution in [0.25, 0.3) is 16.9 Å². The van der Waals surface area contributed by atoms with Crippen LogP contribution in [-0.2, 0) is 0 Å². The number of benzene rings is 1. The van der Waals surface area contributed by atoms with Gasteiger partial charge >= 0.3 is 0 Å². The highest BCUT2D eigenvalue weighted by Gasteiger charge is 2.23. The van der Waals surface area contributed by atoms with Crippen molar-refractivity contribution in [1.82, 2.24) is 40.1 Å². The van der Waals surface area contributed by atoms with Gasteiger partial charge in [-0.25, -0.2) is 15.0 Å². The minimum absolute atomic E-state index is 0.111. The molecule has 4 rings (SSSR count). The first-order valence-electron chi connectivity index (χ1n) is 8.40. The summed E-state index contributed by atoms with van der Waals surface area (Å²) in [7, 11) is 0. The molecule has 0 aliphatic rings. The number of H-pyrrole nitrogens is 1. The molecule has 0 saturated carbocycles. The number of aromatic nitrogens is 8. The van der Waals surface area contributed by atoms with Crippen molar-refractivity contribution >= 4 is 17.0 Å². The van der Waals surface area contributed by atoms with Gasteiger partial charge in [-0.1, -0.05) is 37.3 Å². The predicted octanol–water partition coefficient (Wildman–Crippen LogP) is 2.45. The summed E-state index contributed by atoms with van der Waals surface area (Å²) in [5.74, 6) is 2.33. The van der Waals surface area contributed by atoms with Crippen LogP contribution in [0.1, 0.15) is 31.5 Å². The first-order chi connectivity index (χ1) is 12.6. The van der Waals surface area contributed by atoms with Crippen LogP contribution in [0.5, 0.6) is 0 Å². The third kappa shape index (κ3) is 2.87. The van der Waals surface area contributed by atoms with Gasteiger partial charge in [-0.05, 0) is 25.0 Å². The minimum Gasteiger partial charge on any atom is -0.358 e. The van der Waals surface area contributed by atoms with Crippen molar-refractivity contribution in [2.24, 2.45) is 5.92 Å². The van der Waals surface area contributed by atoms with Gasteiger partial charge in [0.25, 0.3) is 0 Å². The summed E-state index contributed by atoms with van der Waals surface area (Å²) in [4.78, 5) is 13.2. The van der Waals surface area contributed by atoms with E-state index in [4.69, 9.17) is 0 Å². The van der Waals surface area contributed by atoms with Crippen molar-refractivity contribution in [2.75, 3.05) is 5.32 Å². The van der Waals surface area contributed by atoms with Crippen LogP contribution in [0, 0.1) is 12.8 Å². The lowest BCUT2D eigenvalue weighted by atomic mass is 10.0. The monoisotopic (exact) mass is 349 g/mol. The fraction of sp³-hybridized carbons (Fsp3) is 0.294. The number of anilines is 1. The quantitative estimate of drug-likeness (QED) is 0.569. The van der Waals surface area contributed by atoms with E-state index in [1.165, 1.54) is 6.33 Å². The lowest BCUT2D eigenvalue weighted by Crippen LogP contribution is -2.19. The van der Waals surface area contributed by atoms with Crippen molar-refractivity contribution < 1.29 is 0 Å². The number of para-hydroxylation sites is 1. The first kappa shape index (κ1) is 16.1. The zero-order chi connectivity index (χ0) is 18.1. The summed E-state index contributed by atoms with van der Waals surface area (Å²) < 4.78 is 1.70. The number of hydrogen-bond acceptors (Lipinski definition) is 7. The Morgan fingerprint density at radius 1 is 1.12 bits per heavy atom. The average molecular weight is 349 g/mol.